The van der Waals surface area contributed by atoms with Gasteiger partial charge < -0.3 is 10.1 Å². The fourth-order valence-electron chi connectivity index (χ4n) is 1.57. The Labute approximate surface area is 87.6 Å². The monoisotopic (exact) mass is 226 g/mol. The summed E-state index contributed by atoms with van der Waals surface area (Å²) in [5, 5.41) is 2.41. The number of hydrogen-bond donors (Lipinski definition) is 1. The molecular formula is C9H17F3N2O. The van der Waals surface area contributed by atoms with Gasteiger partial charge in [-0.15, -0.1) is 0 Å². The molecule has 6 heteroatoms. The van der Waals surface area contributed by atoms with E-state index in [9.17, 15) is 13.2 Å². The molecule has 1 saturated heterocycles. The van der Waals surface area contributed by atoms with Crippen LogP contribution in [0.15, 0.2) is 0 Å². The van der Waals surface area contributed by atoms with Gasteiger partial charge in [0.1, 0.15) is 0 Å². The number of morpholine rings is 1. The highest BCUT2D eigenvalue weighted by molar-refractivity contribution is 4.72. The average Bonchev–Trinajstić information content (AvgIpc) is 2.17. The first kappa shape index (κ1) is 12.7. The van der Waals surface area contributed by atoms with Gasteiger partial charge in [0.2, 0.25) is 0 Å². The number of halogens is 3. The Morgan fingerprint density at radius 1 is 1.33 bits per heavy atom. The third kappa shape index (κ3) is 5.34. The largest absolute Gasteiger partial charge is 0.401 e. The summed E-state index contributed by atoms with van der Waals surface area (Å²) in [4.78, 5) is 2.13. The van der Waals surface area contributed by atoms with Crippen molar-refractivity contribution in [3.05, 3.63) is 0 Å². The van der Waals surface area contributed by atoms with Crippen LogP contribution in [0.4, 0.5) is 13.2 Å². The topological polar surface area (TPSA) is 24.5 Å². The molecule has 1 unspecified atom stereocenters. The SMILES string of the molecule is CC(CNCC(F)(F)F)N1CCOCC1. The zero-order chi connectivity index (χ0) is 11.3. The number of ether oxygens (including phenoxy) is 1. The van der Waals surface area contributed by atoms with Crippen LogP contribution < -0.4 is 5.32 Å². The number of hydrogen-bond acceptors (Lipinski definition) is 3. The molecule has 1 atom stereocenters. The Kier molecular flexibility index (Phi) is 4.82. The van der Waals surface area contributed by atoms with Gasteiger partial charge in [-0.05, 0) is 6.92 Å². The lowest BCUT2D eigenvalue weighted by Gasteiger charge is -2.32. The summed E-state index contributed by atoms with van der Waals surface area (Å²) >= 11 is 0. The molecule has 0 saturated carbocycles. The molecule has 0 radical (unpaired) electrons. The molecule has 0 aromatic carbocycles. The number of rotatable bonds is 4. The molecule has 1 aliphatic rings. The van der Waals surface area contributed by atoms with Crippen molar-refractivity contribution in [3.63, 3.8) is 0 Å². The molecule has 0 aromatic rings. The lowest BCUT2D eigenvalue weighted by atomic mass is 10.2. The third-order valence-corrected chi connectivity index (χ3v) is 2.43. The molecule has 1 N–H and O–H groups in total. The van der Waals surface area contributed by atoms with Gasteiger partial charge >= 0.3 is 6.18 Å². The Balaban J connectivity index is 2.14. The maximum Gasteiger partial charge on any atom is 0.401 e. The van der Waals surface area contributed by atoms with E-state index in [1.165, 1.54) is 0 Å². The van der Waals surface area contributed by atoms with E-state index in [1.54, 1.807) is 0 Å². The minimum atomic E-state index is -4.12. The Hall–Kier alpha value is -0.330. The highest BCUT2D eigenvalue weighted by atomic mass is 19.4. The van der Waals surface area contributed by atoms with Gasteiger partial charge in [-0.1, -0.05) is 0 Å². The number of nitrogens with zero attached hydrogens (tertiary/aromatic N) is 1. The summed E-state index contributed by atoms with van der Waals surface area (Å²) in [5.41, 5.74) is 0. The Morgan fingerprint density at radius 2 is 1.93 bits per heavy atom. The summed E-state index contributed by atoms with van der Waals surface area (Å²) < 4.78 is 40.7. The van der Waals surface area contributed by atoms with E-state index in [1.807, 2.05) is 6.92 Å². The quantitative estimate of drug-likeness (QED) is 0.769. The Morgan fingerprint density at radius 3 is 2.47 bits per heavy atom. The molecule has 1 rings (SSSR count). The van der Waals surface area contributed by atoms with Crippen LogP contribution in [0.5, 0.6) is 0 Å². The van der Waals surface area contributed by atoms with E-state index in [4.69, 9.17) is 4.74 Å². The second-order valence-electron chi connectivity index (χ2n) is 3.74. The summed E-state index contributed by atoms with van der Waals surface area (Å²) in [7, 11) is 0. The lowest BCUT2D eigenvalue weighted by Crippen LogP contribution is -2.47. The van der Waals surface area contributed by atoms with Crippen molar-refractivity contribution >= 4 is 0 Å². The van der Waals surface area contributed by atoms with E-state index in [0.29, 0.717) is 19.8 Å². The summed E-state index contributed by atoms with van der Waals surface area (Å²) in [6, 6.07) is 0.122. The van der Waals surface area contributed by atoms with Crippen molar-refractivity contribution in [1.82, 2.24) is 10.2 Å². The van der Waals surface area contributed by atoms with Crippen molar-refractivity contribution in [2.45, 2.75) is 19.1 Å². The van der Waals surface area contributed by atoms with Gasteiger partial charge in [-0.25, -0.2) is 0 Å². The summed E-state index contributed by atoms with van der Waals surface area (Å²) in [5.74, 6) is 0. The second kappa shape index (κ2) is 5.67. The van der Waals surface area contributed by atoms with E-state index in [-0.39, 0.29) is 6.04 Å². The molecule has 1 fully saturated rings. The zero-order valence-electron chi connectivity index (χ0n) is 8.81. The Bertz CT molecular complexity index is 181. The van der Waals surface area contributed by atoms with Gasteiger partial charge in [0, 0.05) is 25.7 Å². The first-order valence-corrected chi connectivity index (χ1v) is 5.08. The van der Waals surface area contributed by atoms with Crippen LogP contribution in [0.1, 0.15) is 6.92 Å². The molecule has 0 spiro atoms. The van der Waals surface area contributed by atoms with Gasteiger partial charge in [-0.2, -0.15) is 13.2 Å². The van der Waals surface area contributed by atoms with Crippen LogP contribution in [0.3, 0.4) is 0 Å². The van der Waals surface area contributed by atoms with Crippen LogP contribution in [0, 0.1) is 0 Å². The highest BCUT2D eigenvalue weighted by Gasteiger charge is 2.27. The van der Waals surface area contributed by atoms with Crippen LogP contribution in [0.2, 0.25) is 0 Å². The van der Waals surface area contributed by atoms with Crippen molar-refractivity contribution in [3.8, 4) is 0 Å². The number of nitrogens with one attached hydrogen (secondary N) is 1. The molecule has 3 nitrogen and oxygen atoms in total. The van der Waals surface area contributed by atoms with Gasteiger partial charge in [0.05, 0.1) is 19.8 Å². The smallest absolute Gasteiger partial charge is 0.379 e. The van der Waals surface area contributed by atoms with E-state index < -0.39 is 12.7 Å². The lowest BCUT2D eigenvalue weighted by molar-refractivity contribution is -0.125. The standard InChI is InChI=1S/C9H17F3N2O/c1-8(6-13-7-9(10,11)12)14-2-4-15-5-3-14/h8,13H,2-7H2,1H3. The maximum absolute atomic E-state index is 11.9. The van der Waals surface area contributed by atoms with Gasteiger partial charge in [0.25, 0.3) is 0 Å². The average molecular weight is 226 g/mol. The molecule has 0 amide bonds. The van der Waals surface area contributed by atoms with E-state index >= 15 is 0 Å². The van der Waals surface area contributed by atoms with Crippen LogP contribution in [-0.4, -0.2) is 56.5 Å². The molecule has 1 aliphatic heterocycles. The minimum absolute atomic E-state index is 0.122. The van der Waals surface area contributed by atoms with Crippen molar-refractivity contribution in [2.24, 2.45) is 0 Å². The van der Waals surface area contributed by atoms with Gasteiger partial charge in [-0.3, -0.25) is 4.90 Å². The summed E-state index contributed by atoms with van der Waals surface area (Å²) in [6.07, 6.45) is -4.12. The van der Waals surface area contributed by atoms with Crippen LogP contribution in [-0.2, 0) is 4.74 Å². The molecule has 15 heavy (non-hydrogen) atoms. The first-order chi connectivity index (χ1) is 6.99. The number of alkyl halides is 3. The van der Waals surface area contributed by atoms with Crippen molar-refractivity contribution in [1.29, 1.82) is 0 Å². The highest BCUT2D eigenvalue weighted by Crippen LogP contribution is 2.12. The molecule has 0 aliphatic carbocycles. The summed E-state index contributed by atoms with van der Waals surface area (Å²) in [6.45, 7) is 4.31. The van der Waals surface area contributed by atoms with Crippen LogP contribution >= 0.6 is 0 Å². The third-order valence-electron chi connectivity index (χ3n) is 2.43. The predicted octanol–water partition coefficient (Wildman–Crippen LogP) is 0.859. The first-order valence-electron chi connectivity index (χ1n) is 5.08. The second-order valence-corrected chi connectivity index (χ2v) is 3.74. The molecular weight excluding hydrogens is 209 g/mol. The normalized spacial score (nSPS) is 21.6. The fourth-order valence-corrected chi connectivity index (χ4v) is 1.57. The predicted molar refractivity (Wildman–Crippen MR) is 50.8 cm³/mol. The van der Waals surface area contributed by atoms with Crippen molar-refractivity contribution in [2.75, 3.05) is 39.4 Å². The molecule has 0 aromatic heterocycles. The zero-order valence-corrected chi connectivity index (χ0v) is 8.81. The fraction of sp³-hybridized carbons (Fsp3) is 1.00. The minimum Gasteiger partial charge on any atom is -0.379 e. The molecule has 1 heterocycles. The van der Waals surface area contributed by atoms with E-state index in [2.05, 4.69) is 10.2 Å². The maximum atomic E-state index is 11.9. The van der Waals surface area contributed by atoms with Crippen molar-refractivity contribution < 1.29 is 17.9 Å². The molecule has 0 bridgehead atoms. The van der Waals surface area contributed by atoms with Crippen LogP contribution in [0.25, 0.3) is 0 Å². The van der Waals surface area contributed by atoms with E-state index in [0.717, 1.165) is 13.1 Å². The molecule has 90 valence electrons. The van der Waals surface area contributed by atoms with Gasteiger partial charge in [0.15, 0.2) is 0 Å².